The number of carbonyl (C=O) groups is 1. The molecule has 2 N–H and O–H groups in total. The van der Waals surface area contributed by atoms with Gasteiger partial charge in [0, 0.05) is 36.3 Å². The molecule has 2 aliphatic heterocycles. The van der Waals surface area contributed by atoms with Crippen LogP contribution in [-0.2, 0) is 6.42 Å². The lowest BCUT2D eigenvalue weighted by molar-refractivity contribution is 0.0694. The summed E-state index contributed by atoms with van der Waals surface area (Å²) in [5.74, 6) is -1.80. The van der Waals surface area contributed by atoms with Crippen LogP contribution in [0.15, 0.2) is 17.1 Å². The van der Waals surface area contributed by atoms with Crippen LogP contribution in [0.5, 0.6) is 0 Å². The van der Waals surface area contributed by atoms with E-state index in [2.05, 4.69) is 0 Å². The van der Waals surface area contributed by atoms with Crippen molar-refractivity contribution in [1.29, 1.82) is 0 Å². The summed E-state index contributed by atoms with van der Waals surface area (Å²) in [6.45, 7) is 3.04. The van der Waals surface area contributed by atoms with E-state index in [1.54, 1.807) is 4.57 Å². The molecular weight excluding hydrogens is 327 g/mol. The van der Waals surface area contributed by atoms with Crippen molar-refractivity contribution in [3.8, 4) is 0 Å². The maximum absolute atomic E-state index is 14.9. The molecule has 7 heteroatoms. The van der Waals surface area contributed by atoms with Gasteiger partial charge in [-0.15, -0.1) is 0 Å². The van der Waals surface area contributed by atoms with Crippen molar-refractivity contribution in [3.05, 3.63) is 39.4 Å². The molecule has 0 radical (unpaired) electrons. The first kappa shape index (κ1) is 16.1. The summed E-state index contributed by atoms with van der Waals surface area (Å²) in [5, 5.41) is 19.1. The number of halogens is 1. The van der Waals surface area contributed by atoms with Gasteiger partial charge in [-0.3, -0.25) is 4.79 Å². The van der Waals surface area contributed by atoms with Gasteiger partial charge in [-0.25, -0.2) is 9.18 Å². The second-order valence-electron chi connectivity index (χ2n) is 6.94. The van der Waals surface area contributed by atoms with Crippen LogP contribution in [0.3, 0.4) is 0 Å². The largest absolute Gasteiger partial charge is 0.477 e. The Morgan fingerprint density at radius 2 is 2.00 bits per heavy atom. The minimum atomic E-state index is -1.30. The van der Waals surface area contributed by atoms with Gasteiger partial charge in [-0.1, -0.05) is 0 Å². The third-order valence-corrected chi connectivity index (χ3v) is 5.33. The molecule has 1 aromatic carbocycles. The molecule has 2 aliphatic rings. The fourth-order valence-electron chi connectivity index (χ4n) is 4.08. The molecule has 0 aliphatic carbocycles. The van der Waals surface area contributed by atoms with E-state index in [1.165, 1.54) is 12.3 Å². The topological polar surface area (TPSA) is 82.8 Å². The highest BCUT2D eigenvalue weighted by Gasteiger charge is 2.31. The van der Waals surface area contributed by atoms with Gasteiger partial charge in [0.15, 0.2) is 0 Å². The molecule has 1 aromatic heterocycles. The molecule has 3 heterocycles. The molecule has 0 unspecified atom stereocenters. The average Bonchev–Trinajstić information content (AvgIpc) is 2.88. The normalized spacial score (nSPS) is 20.4. The van der Waals surface area contributed by atoms with E-state index in [0.29, 0.717) is 43.6 Å². The minimum Gasteiger partial charge on any atom is -0.477 e. The highest BCUT2D eigenvalue weighted by Crippen LogP contribution is 2.40. The van der Waals surface area contributed by atoms with Gasteiger partial charge in [0.05, 0.1) is 17.3 Å². The first-order valence-corrected chi connectivity index (χ1v) is 8.45. The number of anilines is 1. The molecule has 132 valence electrons. The number of benzene rings is 1. The van der Waals surface area contributed by atoms with Crippen molar-refractivity contribution < 1.29 is 19.4 Å². The van der Waals surface area contributed by atoms with Crippen LogP contribution in [-0.4, -0.2) is 39.9 Å². The van der Waals surface area contributed by atoms with E-state index >= 15 is 0 Å². The van der Waals surface area contributed by atoms with Crippen LogP contribution in [0.4, 0.5) is 10.1 Å². The smallest absolute Gasteiger partial charge is 0.341 e. The van der Waals surface area contributed by atoms with Gasteiger partial charge in [0.1, 0.15) is 11.4 Å². The molecule has 1 saturated heterocycles. The van der Waals surface area contributed by atoms with E-state index in [9.17, 15) is 24.2 Å². The number of aromatic nitrogens is 1. The highest BCUT2D eigenvalue weighted by molar-refractivity contribution is 5.96. The van der Waals surface area contributed by atoms with Crippen LogP contribution in [0.1, 0.15) is 41.7 Å². The standard InChI is InChI=1S/C18H19FN2O4/c1-9-6-11-15-12(17(23)13(18(24)25)8-21(9)15)7-14(19)16(11)20-4-2-10(22)3-5-20/h7-10,22H,2-6H2,1H3,(H,24,25)/t9-/m0/s1. The van der Waals surface area contributed by atoms with E-state index in [4.69, 9.17) is 0 Å². The summed E-state index contributed by atoms with van der Waals surface area (Å²) in [5.41, 5.74) is 0.895. The lowest BCUT2D eigenvalue weighted by atomic mass is 10.0. The number of rotatable bonds is 2. The zero-order valence-electron chi connectivity index (χ0n) is 13.8. The quantitative estimate of drug-likeness (QED) is 0.868. The molecule has 0 amide bonds. The van der Waals surface area contributed by atoms with Gasteiger partial charge in [0.25, 0.3) is 0 Å². The van der Waals surface area contributed by atoms with Crippen molar-refractivity contribution in [2.24, 2.45) is 0 Å². The number of aliphatic hydroxyl groups is 1. The molecule has 6 nitrogen and oxygen atoms in total. The molecule has 0 saturated carbocycles. The molecule has 1 fully saturated rings. The second kappa shape index (κ2) is 5.56. The average molecular weight is 346 g/mol. The lowest BCUT2D eigenvalue weighted by Crippen LogP contribution is -2.37. The summed E-state index contributed by atoms with van der Waals surface area (Å²) < 4.78 is 16.7. The Hall–Kier alpha value is -2.41. The number of carboxylic acids is 1. The van der Waals surface area contributed by atoms with Gasteiger partial charge in [-0.05, 0) is 32.3 Å². The van der Waals surface area contributed by atoms with Crippen molar-refractivity contribution in [2.45, 2.75) is 38.3 Å². The fourth-order valence-corrected chi connectivity index (χ4v) is 4.08. The number of hydrogen-bond donors (Lipinski definition) is 2. The summed E-state index contributed by atoms with van der Waals surface area (Å²) in [7, 11) is 0. The Kier molecular flexibility index (Phi) is 3.57. The monoisotopic (exact) mass is 346 g/mol. The Balaban J connectivity index is 1.97. The lowest BCUT2D eigenvalue weighted by Gasteiger charge is -2.33. The third-order valence-electron chi connectivity index (χ3n) is 5.33. The van der Waals surface area contributed by atoms with Crippen molar-refractivity contribution in [3.63, 3.8) is 0 Å². The van der Waals surface area contributed by atoms with Gasteiger partial charge < -0.3 is 19.7 Å². The zero-order valence-corrected chi connectivity index (χ0v) is 13.8. The van der Waals surface area contributed by atoms with Gasteiger partial charge >= 0.3 is 5.97 Å². The molecular formula is C18H19FN2O4. The second-order valence-corrected chi connectivity index (χ2v) is 6.94. The summed E-state index contributed by atoms with van der Waals surface area (Å²) >= 11 is 0. The van der Waals surface area contributed by atoms with Crippen LogP contribution in [0.25, 0.3) is 10.9 Å². The SMILES string of the molecule is C[C@H]1Cc2c(N3CCC(O)CC3)c(F)cc3c(=O)c(C(=O)O)cn1c23. The summed E-state index contributed by atoms with van der Waals surface area (Å²) in [6.07, 6.45) is 2.72. The number of aromatic carboxylic acids is 1. The molecule has 2 aromatic rings. The number of pyridine rings is 1. The van der Waals surface area contributed by atoms with E-state index in [0.717, 1.165) is 5.56 Å². The van der Waals surface area contributed by atoms with Crippen LogP contribution in [0.2, 0.25) is 0 Å². The van der Waals surface area contributed by atoms with E-state index in [-0.39, 0.29) is 23.1 Å². The molecule has 1 atom stereocenters. The van der Waals surface area contributed by atoms with Crippen LogP contribution < -0.4 is 10.3 Å². The minimum absolute atomic E-state index is 0.0490. The van der Waals surface area contributed by atoms with Crippen LogP contribution >= 0.6 is 0 Å². The summed E-state index contributed by atoms with van der Waals surface area (Å²) in [6, 6.07) is 1.12. The first-order chi connectivity index (χ1) is 11.9. The first-order valence-electron chi connectivity index (χ1n) is 8.45. The Bertz CT molecular complexity index is 944. The van der Waals surface area contributed by atoms with Crippen LogP contribution in [0, 0.1) is 5.82 Å². The van der Waals surface area contributed by atoms with Crippen molar-refractivity contribution in [2.75, 3.05) is 18.0 Å². The number of piperidine rings is 1. The van der Waals surface area contributed by atoms with Gasteiger partial charge in [-0.2, -0.15) is 0 Å². The van der Waals surface area contributed by atoms with Crippen molar-refractivity contribution >= 4 is 22.6 Å². The van der Waals surface area contributed by atoms with E-state index < -0.39 is 17.2 Å². The number of aliphatic hydroxyl groups excluding tert-OH is 1. The predicted molar refractivity (Wildman–Crippen MR) is 91.0 cm³/mol. The fraction of sp³-hybridized carbons (Fsp3) is 0.444. The molecule has 0 bridgehead atoms. The Morgan fingerprint density at radius 1 is 1.32 bits per heavy atom. The van der Waals surface area contributed by atoms with E-state index in [1.807, 2.05) is 11.8 Å². The Labute approximate surface area is 143 Å². The summed E-state index contributed by atoms with van der Waals surface area (Å²) in [4.78, 5) is 25.8. The number of carboxylic acid groups (broad SMARTS) is 1. The molecule has 25 heavy (non-hydrogen) atoms. The van der Waals surface area contributed by atoms with Crippen molar-refractivity contribution in [1.82, 2.24) is 4.57 Å². The third kappa shape index (κ3) is 2.33. The Morgan fingerprint density at radius 3 is 2.64 bits per heavy atom. The highest BCUT2D eigenvalue weighted by atomic mass is 19.1. The zero-order chi connectivity index (χ0) is 17.9. The number of nitrogens with zero attached hydrogens (tertiary/aromatic N) is 2. The molecule has 4 rings (SSSR count). The molecule has 0 spiro atoms. The maximum Gasteiger partial charge on any atom is 0.341 e. The van der Waals surface area contributed by atoms with Gasteiger partial charge in [0.2, 0.25) is 5.43 Å². The maximum atomic E-state index is 14.9. The predicted octanol–water partition coefficient (Wildman–Crippen LogP) is 1.92. The number of hydrogen-bond acceptors (Lipinski definition) is 4.